The number of thiazole rings is 1. The van der Waals surface area contributed by atoms with Crippen molar-refractivity contribution in [2.75, 3.05) is 18.4 Å². The van der Waals surface area contributed by atoms with Crippen LogP contribution in [0.25, 0.3) is 0 Å². The average Bonchev–Trinajstić information content (AvgIpc) is 3.02. The first-order chi connectivity index (χ1) is 8.47. The highest BCUT2D eigenvalue weighted by Gasteiger charge is 2.28. The minimum Gasteiger partial charge on any atom is -0.360 e. The van der Waals surface area contributed by atoms with E-state index in [9.17, 15) is 13.2 Å². The third-order valence-electron chi connectivity index (χ3n) is 2.41. The summed E-state index contributed by atoms with van der Waals surface area (Å²) in [6.45, 7) is 0.982. The molecule has 1 saturated carbocycles. The van der Waals surface area contributed by atoms with E-state index in [1.165, 1.54) is 6.20 Å². The number of nitrogens with one attached hydrogen (secondary N) is 2. The van der Waals surface area contributed by atoms with Crippen LogP contribution in [0.5, 0.6) is 0 Å². The average molecular weight is 290 g/mol. The minimum absolute atomic E-state index is 0.0204. The molecule has 0 spiro atoms. The second kappa shape index (κ2) is 5.21. The fourth-order valence-corrected chi connectivity index (χ4v) is 2.79. The summed E-state index contributed by atoms with van der Waals surface area (Å²) in [4.78, 5) is 15.2. The lowest BCUT2D eigenvalue weighted by molar-refractivity contribution is -0.122. The van der Waals surface area contributed by atoms with E-state index in [0.717, 1.165) is 24.2 Å². The number of anilines is 1. The van der Waals surface area contributed by atoms with Crippen LogP contribution in [0.4, 0.5) is 5.13 Å². The monoisotopic (exact) mass is 290 g/mol. The maximum atomic E-state index is 11.3. The lowest BCUT2D eigenvalue weighted by atomic mass is 10.4. The number of carbonyl (C=O) groups is 1. The van der Waals surface area contributed by atoms with E-state index < -0.39 is 10.0 Å². The molecule has 0 atom stereocenters. The predicted octanol–water partition coefficient (Wildman–Crippen LogP) is -0.271. The van der Waals surface area contributed by atoms with Crippen molar-refractivity contribution in [3.63, 3.8) is 0 Å². The summed E-state index contributed by atoms with van der Waals surface area (Å²) in [6, 6.07) is 0. The SMILES string of the molecule is NS(=O)(=O)c1cnc(NCCNC(=O)C2CC2)s1. The van der Waals surface area contributed by atoms with Crippen LogP contribution in [-0.4, -0.2) is 32.4 Å². The number of sulfonamides is 1. The Labute approximate surface area is 109 Å². The first kappa shape index (κ1) is 13.2. The number of primary sulfonamides is 1. The van der Waals surface area contributed by atoms with Gasteiger partial charge in [0.05, 0.1) is 6.20 Å². The maximum Gasteiger partial charge on any atom is 0.249 e. The molecule has 1 heterocycles. The van der Waals surface area contributed by atoms with Crippen LogP contribution in [0.1, 0.15) is 12.8 Å². The van der Waals surface area contributed by atoms with Crippen molar-refractivity contribution < 1.29 is 13.2 Å². The second-order valence-corrected chi connectivity index (χ2v) is 6.84. The summed E-state index contributed by atoms with van der Waals surface area (Å²) in [5, 5.41) is 11.1. The van der Waals surface area contributed by atoms with Gasteiger partial charge in [-0.2, -0.15) is 0 Å². The molecule has 4 N–H and O–H groups in total. The largest absolute Gasteiger partial charge is 0.360 e. The number of aromatic nitrogens is 1. The van der Waals surface area contributed by atoms with Crippen LogP contribution in [0.2, 0.25) is 0 Å². The van der Waals surface area contributed by atoms with Gasteiger partial charge in [0.15, 0.2) is 9.34 Å². The maximum absolute atomic E-state index is 11.3. The third kappa shape index (κ3) is 3.65. The zero-order chi connectivity index (χ0) is 13.2. The Morgan fingerprint density at radius 3 is 2.78 bits per heavy atom. The molecular formula is C9H14N4O3S2. The highest BCUT2D eigenvalue weighted by atomic mass is 32.2. The molecule has 100 valence electrons. The number of amides is 1. The first-order valence-electron chi connectivity index (χ1n) is 5.47. The minimum atomic E-state index is -3.68. The normalized spacial score (nSPS) is 15.4. The fourth-order valence-electron chi connectivity index (χ4n) is 1.32. The van der Waals surface area contributed by atoms with E-state index in [1.807, 2.05) is 0 Å². The number of hydrogen-bond acceptors (Lipinski definition) is 6. The molecule has 9 heteroatoms. The van der Waals surface area contributed by atoms with Gasteiger partial charge in [-0.25, -0.2) is 18.5 Å². The Bertz CT molecular complexity index is 536. The quantitative estimate of drug-likeness (QED) is 0.624. The Hall–Kier alpha value is -1.19. The molecule has 0 aromatic carbocycles. The van der Waals surface area contributed by atoms with E-state index in [4.69, 9.17) is 5.14 Å². The number of nitrogens with zero attached hydrogens (tertiary/aromatic N) is 1. The summed E-state index contributed by atoms with van der Waals surface area (Å²) in [5.74, 6) is 0.278. The summed E-state index contributed by atoms with van der Waals surface area (Å²) in [6.07, 6.45) is 3.16. The molecule has 0 radical (unpaired) electrons. The highest BCUT2D eigenvalue weighted by molar-refractivity contribution is 7.91. The molecule has 1 fully saturated rings. The Balaban J connectivity index is 1.73. The number of nitrogens with two attached hydrogens (primary N) is 1. The van der Waals surface area contributed by atoms with Crippen LogP contribution in [0.3, 0.4) is 0 Å². The number of carbonyl (C=O) groups excluding carboxylic acids is 1. The van der Waals surface area contributed by atoms with Gasteiger partial charge >= 0.3 is 0 Å². The van der Waals surface area contributed by atoms with E-state index in [2.05, 4.69) is 15.6 Å². The van der Waals surface area contributed by atoms with E-state index in [-0.39, 0.29) is 16.0 Å². The molecule has 18 heavy (non-hydrogen) atoms. The summed E-state index contributed by atoms with van der Waals surface area (Å²) in [7, 11) is -3.68. The van der Waals surface area contributed by atoms with Crippen LogP contribution in [0.15, 0.2) is 10.4 Å². The molecular weight excluding hydrogens is 276 g/mol. The topological polar surface area (TPSA) is 114 Å². The second-order valence-electron chi connectivity index (χ2n) is 4.02. The van der Waals surface area contributed by atoms with E-state index in [0.29, 0.717) is 18.2 Å². The molecule has 0 saturated heterocycles. The van der Waals surface area contributed by atoms with Crippen LogP contribution < -0.4 is 15.8 Å². The summed E-state index contributed by atoms with van der Waals surface area (Å²) < 4.78 is 22.0. The lowest BCUT2D eigenvalue weighted by Gasteiger charge is -2.04. The van der Waals surface area contributed by atoms with Crippen LogP contribution in [0, 0.1) is 5.92 Å². The van der Waals surface area contributed by atoms with Crippen molar-refractivity contribution in [1.82, 2.24) is 10.3 Å². The zero-order valence-corrected chi connectivity index (χ0v) is 11.2. The summed E-state index contributed by atoms with van der Waals surface area (Å²) >= 11 is 0.969. The van der Waals surface area contributed by atoms with Gasteiger partial charge in [0.1, 0.15) is 0 Å². The van der Waals surface area contributed by atoms with E-state index in [1.54, 1.807) is 0 Å². The van der Waals surface area contributed by atoms with Gasteiger partial charge in [-0.3, -0.25) is 4.79 Å². The van der Waals surface area contributed by atoms with Gasteiger partial charge in [0.2, 0.25) is 15.9 Å². The molecule has 1 aromatic rings. The van der Waals surface area contributed by atoms with Gasteiger partial charge in [-0.05, 0) is 12.8 Å². The van der Waals surface area contributed by atoms with Crippen molar-refractivity contribution >= 4 is 32.4 Å². The van der Waals surface area contributed by atoms with Crippen molar-refractivity contribution in [3.8, 4) is 0 Å². The summed E-state index contributed by atoms with van der Waals surface area (Å²) in [5.41, 5.74) is 0. The van der Waals surface area contributed by atoms with Crippen molar-refractivity contribution in [2.45, 2.75) is 17.1 Å². The van der Waals surface area contributed by atoms with Gasteiger partial charge in [-0.15, -0.1) is 0 Å². The Morgan fingerprint density at radius 2 is 2.22 bits per heavy atom. The highest BCUT2D eigenvalue weighted by Crippen LogP contribution is 2.28. The fraction of sp³-hybridized carbons (Fsp3) is 0.556. The van der Waals surface area contributed by atoms with Gasteiger partial charge in [-0.1, -0.05) is 11.3 Å². The van der Waals surface area contributed by atoms with E-state index >= 15 is 0 Å². The molecule has 2 rings (SSSR count). The molecule has 0 unspecified atom stereocenters. The van der Waals surface area contributed by atoms with Crippen molar-refractivity contribution in [2.24, 2.45) is 11.1 Å². The van der Waals surface area contributed by atoms with Crippen LogP contribution in [-0.2, 0) is 14.8 Å². The van der Waals surface area contributed by atoms with Gasteiger partial charge in [0.25, 0.3) is 0 Å². The molecule has 0 bridgehead atoms. The predicted molar refractivity (Wildman–Crippen MR) is 67.7 cm³/mol. The number of rotatable bonds is 6. The van der Waals surface area contributed by atoms with Gasteiger partial charge < -0.3 is 10.6 Å². The molecule has 0 aliphatic heterocycles. The van der Waals surface area contributed by atoms with Crippen molar-refractivity contribution in [1.29, 1.82) is 0 Å². The molecule has 7 nitrogen and oxygen atoms in total. The number of hydrogen-bond donors (Lipinski definition) is 3. The Kier molecular flexibility index (Phi) is 3.83. The molecule has 1 aromatic heterocycles. The molecule has 1 aliphatic rings. The molecule has 1 amide bonds. The Morgan fingerprint density at radius 1 is 1.50 bits per heavy atom. The lowest BCUT2D eigenvalue weighted by Crippen LogP contribution is -2.29. The first-order valence-corrected chi connectivity index (χ1v) is 7.83. The zero-order valence-electron chi connectivity index (χ0n) is 9.55. The van der Waals surface area contributed by atoms with Crippen LogP contribution >= 0.6 is 11.3 Å². The van der Waals surface area contributed by atoms with Crippen molar-refractivity contribution in [3.05, 3.63) is 6.20 Å². The molecule has 1 aliphatic carbocycles. The van der Waals surface area contributed by atoms with Gasteiger partial charge in [0, 0.05) is 19.0 Å². The standard InChI is InChI=1S/C9H14N4O3S2/c10-18(15,16)7-5-13-9(17-7)12-4-3-11-8(14)6-1-2-6/h5-6H,1-4H2,(H,11,14)(H,12,13)(H2,10,15,16). The smallest absolute Gasteiger partial charge is 0.249 e. The third-order valence-corrected chi connectivity index (χ3v) is 4.78.